The van der Waals surface area contributed by atoms with Crippen LogP contribution in [-0.2, 0) is 25.0 Å². The van der Waals surface area contributed by atoms with Crippen molar-refractivity contribution in [3.05, 3.63) is 35.4 Å². The van der Waals surface area contributed by atoms with E-state index < -0.39 is 22.2 Å². The zero-order chi connectivity index (χ0) is 23.6. The first-order valence-corrected chi connectivity index (χ1v) is 12.5. The second kappa shape index (κ2) is 9.66. The van der Waals surface area contributed by atoms with E-state index in [1.807, 2.05) is 0 Å². The predicted molar refractivity (Wildman–Crippen MR) is 112 cm³/mol. The lowest BCUT2D eigenvalue weighted by molar-refractivity contribution is -0.192. The molecule has 2 heterocycles. The number of aliphatic carboxylic acids is 1. The molecule has 0 radical (unpaired) electrons. The number of carboxylic acids is 1. The van der Waals surface area contributed by atoms with E-state index in [4.69, 9.17) is 14.6 Å². The van der Waals surface area contributed by atoms with Crippen LogP contribution in [0.15, 0.2) is 24.3 Å². The SMILES string of the molecule is CS(=O)(=O)N1CCC2(CC1)CC(NC1CCOCC1)c1ccccc12.O=C(O)C(F)(F)F. The maximum Gasteiger partial charge on any atom is 0.490 e. The van der Waals surface area contributed by atoms with Gasteiger partial charge in [0.25, 0.3) is 0 Å². The number of nitrogens with zero attached hydrogens (tertiary/aromatic N) is 1. The van der Waals surface area contributed by atoms with Gasteiger partial charge in [-0.3, -0.25) is 0 Å². The number of nitrogens with one attached hydrogen (secondary N) is 1. The van der Waals surface area contributed by atoms with Crippen LogP contribution in [0.2, 0.25) is 0 Å². The summed E-state index contributed by atoms with van der Waals surface area (Å²) in [6.45, 7) is 2.97. The number of benzene rings is 1. The number of carboxylic acid groups (broad SMARTS) is 1. The molecular weight excluding hydrogens is 449 g/mol. The monoisotopic (exact) mass is 478 g/mol. The first-order valence-electron chi connectivity index (χ1n) is 10.6. The number of carbonyl (C=O) groups is 1. The number of rotatable bonds is 3. The summed E-state index contributed by atoms with van der Waals surface area (Å²) < 4.78 is 62.6. The van der Waals surface area contributed by atoms with E-state index >= 15 is 0 Å². The van der Waals surface area contributed by atoms with Crippen LogP contribution in [-0.4, -0.2) is 68.6 Å². The van der Waals surface area contributed by atoms with Crippen molar-refractivity contribution in [2.45, 2.75) is 55.8 Å². The maximum absolute atomic E-state index is 11.9. The second-order valence-corrected chi connectivity index (χ2v) is 10.6. The van der Waals surface area contributed by atoms with Gasteiger partial charge in [0.2, 0.25) is 10.0 Å². The lowest BCUT2D eigenvalue weighted by Gasteiger charge is -2.39. The number of sulfonamides is 1. The average molecular weight is 479 g/mol. The number of hydrogen-bond donors (Lipinski definition) is 2. The van der Waals surface area contributed by atoms with E-state index in [-0.39, 0.29) is 5.41 Å². The van der Waals surface area contributed by atoms with Crippen LogP contribution >= 0.6 is 0 Å². The van der Waals surface area contributed by atoms with Gasteiger partial charge in [0.05, 0.1) is 6.26 Å². The van der Waals surface area contributed by atoms with Crippen LogP contribution < -0.4 is 5.32 Å². The first kappa shape index (κ1) is 24.9. The molecule has 0 bridgehead atoms. The molecule has 7 nitrogen and oxygen atoms in total. The van der Waals surface area contributed by atoms with Crippen molar-refractivity contribution in [2.24, 2.45) is 0 Å². The van der Waals surface area contributed by atoms with Gasteiger partial charge in [0, 0.05) is 38.4 Å². The molecule has 2 N–H and O–H groups in total. The fourth-order valence-electron chi connectivity index (χ4n) is 4.91. The van der Waals surface area contributed by atoms with Gasteiger partial charge >= 0.3 is 12.1 Å². The summed E-state index contributed by atoms with van der Waals surface area (Å²) in [5, 5.41) is 11.0. The summed E-state index contributed by atoms with van der Waals surface area (Å²) in [7, 11) is -3.08. The van der Waals surface area contributed by atoms with Crippen LogP contribution in [0.3, 0.4) is 0 Å². The molecule has 1 atom stereocenters. The lowest BCUT2D eigenvalue weighted by Crippen LogP contribution is -2.44. The van der Waals surface area contributed by atoms with Gasteiger partial charge in [-0.25, -0.2) is 17.5 Å². The molecule has 1 unspecified atom stereocenters. The van der Waals surface area contributed by atoms with Gasteiger partial charge < -0.3 is 15.2 Å². The number of piperidine rings is 1. The third kappa shape index (κ3) is 5.81. The Labute approximate surface area is 186 Å². The van der Waals surface area contributed by atoms with Gasteiger partial charge in [0.15, 0.2) is 0 Å². The average Bonchev–Trinajstić information content (AvgIpc) is 3.01. The van der Waals surface area contributed by atoms with Gasteiger partial charge in [-0.1, -0.05) is 24.3 Å². The highest BCUT2D eigenvalue weighted by Gasteiger charge is 2.46. The zero-order valence-electron chi connectivity index (χ0n) is 17.9. The van der Waals surface area contributed by atoms with Crippen LogP contribution in [0, 0.1) is 0 Å². The van der Waals surface area contributed by atoms with E-state index in [2.05, 4.69) is 29.6 Å². The van der Waals surface area contributed by atoms with Crippen molar-refractivity contribution >= 4 is 16.0 Å². The normalized spacial score (nSPS) is 23.9. The Bertz CT molecular complexity index is 908. The van der Waals surface area contributed by atoms with Gasteiger partial charge in [-0.05, 0) is 48.6 Å². The van der Waals surface area contributed by atoms with Crippen molar-refractivity contribution in [2.75, 3.05) is 32.6 Å². The summed E-state index contributed by atoms with van der Waals surface area (Å²) >= 11 is 0. The van der Waals surface area contributed by atoms with Crippen LogP contribution in [0.4, 0.5) is 13.2 Å². The van der Waals surface area contributed by atoms with Crippen molar-refractivity contribution in [3.8, 4) is 0 Å². The topological polar surface area (TPSA) is 95.9 Å². The molecule has 1 aliphatic carbocycles. The van der Waals surface area contributed by atoms with Gasteiger partial charge in [-0.15, -0.1) is 0 Å². The minimum Gasteiger partial charge on any atom is -0.475 e. The standard InChI is InChI=1S/C19H28N2O3S.C2HF3O2/c1-25(22,23)21-10-8-19(9-11-21)14-18(16-4-2-3-5-17(16)19)20-15-6-12-24-13-7-15;3-2(4,5)1(6)7/h2-5,15,18,20H,6-14H2,1H3;(H,6,7). The highest BCUT2D eigenvalue weighted by Crippen LogP contribution is 2.51. The quantitative estimate of drug-likeness (QED) is 0.694. The van der Waals surface area contributed by atoms with Crippen molar-refractivity contribution in [1.29, 1.82) is 0 Å². The Morgan fingerprint density at radius 2 is 1.75 bits per heavy atom. The Morgan fingerprint density at radius 3 is 2.28 bits per heavy atom. The Morgan fingerprint density at radius 1 is 1.19 bits per heavy atom. The van der Waals surface area contributed by atoms with E-state index in [1.165, 1.54) is 17.4 Å². The minimum absolute atomic E-state index is 0.126. The maximum atomic E-state index is 11.9. The Balaban J connectivity index is 0.000000360. The fourth-order valence-corrected chi connectivity index (χ4v) is 5.76. The highest BCUT2D eigenvalue weighted by molar-refractivity contribution is 7.88. The van der Waals surface area contributed by atoms with Gasteiger partial charge in [-0.2, -0.15) is 13.2 Å². The Hall–Kier alpha value is -1.69. The summed E-state index contributed by atoms with van der Waals surface area (Å²) in [6.07, 6.45) is 1.32. The molecule has 32 heavy (non-hydrogen) atoms. The third-order valence-corrected chi connectivity index (χ3v) is 7.85. The van der Waals surface area contributed by atoms with Crippen LogP contribution in [0.25, 0.3) is 0 Å². The summed E-state index contributed by atoms with van der Waals surface area (Å²) in [4.78, 5) is 8.90. The van der Waals surface area contributed by atoms with Crippen LogP contribution in [0.1, 0.15) is 49.3 Å². The molecule has 2 aliphatic heterocycles. The molecular formula is C21H29F3N2O5S. The molecule has 0 saturated carbocycles. The van der Waals surface area contributed by atoms with E-state index in [9.17, 15) is 21.6 Å². The molecule has 180 valence electrons. The number of alkyl halides is 3. The van der Waals surface area contributed by atoms with E-state index in [0.717, 1.165) is 45.3 Å². The van der Waals surface area contributed by atoms with E-state index in [0.29, 0.717) is 25.2 Å². The van der Waals surface area contributed by atoms with Crippen LogP contribution in [0.5, 0.6) is 0 Å². The molecule has 1 aromatic carbocycles. The van der Waals surface area contributed by atoms with Gasteiger partial charge in [0.1, 0.15) is 0 Å². The number of halogens is 3. The fraction of sp³-hybridized carbons (Fsp3) is 0.667. The first-order chi connectivity index (χ1) is 14.9. The summed E-state index contributed by atoms with van der Waals surface area (Å²) in [5.41, 5.74) is 2.98. The molecule has 0 amide bonds. The lowest BCUT2D eigenvalue weighted by atomic mass is 9.74. The molecule has 2 fully saturated rings. The van der Waals surface area contributed by atoms with Crippen molar-refractivity contribution in [1.82, 2.24) is 9.62 Å². The number of ether oxygens (including phenoxy) is 1. The molecule has 2 saturated heterocycles. The molecule has 11 heteroatoms. The Kier molecular flexibility index (Phi) is 7.53. The largest absolute Gasteiger partial charge is 0.490 e. The molecule has 0 aromatic heterocycles. The van der Waals surface area contributed by atoms with Crippen molar-refractivity contribution in [3.63, 3.8) is 0 Å². The summed E-state index contributed by atoms with van der Waals surface area (Å²) in [6, 6.07) is 9.67. The third-order valence-electron chi connectivity index (χ3n) is 6.55. The molecule has 4 rings (SSSR count). The minimum atomic E-state index is -5.08. The number of fused-ring (bicyclic) bond motifs is 2. The summed E-state index contributed by atoms with van der Waals surface area (Å²) in [5.74, 6) is -2.76. The predicted octanol–water partition coefficient (Wildman–Crippen LogP) is 2.83. The van der Waals surface area contributed by atoms with E-state index in [1.54, 1.807) is 4.31 Å². The smallest absolute Gasteiger partial charge is 0.475 e. The number of hydrogen-bond acceptors (Lipinski definition) is 5. The zero-order valence-corrected chi connectivity index (χ0v) is 18.7. The second-order valence-electron chi connectivity index (χ2n) is 8.64. The molecule has 1 spiro atoms. The molecule has 3 aliphatic rings. The van der Waals surface area contributed by atoms with Crippen molar-refractivity contribution < 1.29 is 36.2 Å². The molecule has 1 aromatic rings. The highest BCUT2D eigenvalue weighted by atomic mass is 32.2.